The number of hydrogen-bond donors (Lipinski definition) is 1. The molecule has 1 aliphatic carbocycles. The van der Waals surface area contributed by atoms with Gasteiger partial charge in [-0.2, -0.15) is 18.4 Å². The predicted molar refractivity (Wildman–Crippen MR) is 126 cm³/mol. The monoisotopic (exact) mass is 516 g/mol. The molecule has 186 valence electrons. The Morgan fingerprint density at radius 1 is 1.19 bits per heavy atom. The molecule has 1 saturated heterocycles. The summed E-state index contributed by atoms with van der Waals surface area (Å²) in [7, 11) is 1.49. The van der Waals surface area contributed by atoms with Crippen molar-refractivity contribution in [2.75, 3.05) is 23.5 Å². The first-order valence-corrected chi connectivity index (χ1v) is 11.5. The van der Waals surface area contributed by atoms with Crippen LogP contribution in [0, 0.1) is 11.3 Å². The van der Waals surface area contributed by atoms with Crippen LogP contribution in [0.1, 0.15) is 30.4 Å². The first-order chi connectivity index (χ1) is 17.1. The second-order valence-corrected chi connectivity index (χ2v) is 9.01. The molecule has 2 fully saturated rings. The fourth-order valence-corrected chi connectivity index (χ4v) is 5.17. The normalized spacial score (nSPS) is 20.2. The van der Waals surface area contributed by atoms with Crippen LogP contribution in [0.2, 0.25) is 0 Å². The highest BCUT2D eigenvalue weighted by Gasteiger charge is 2.59. The number of nitriles is 1. The van der Waals surface area contributed by atoms with Gasteiger partial charge in [0, 0.05) is 18.8 Å². The minimum Gasteiger partial charge on any atom is -0.485 e. The minimum atomic E-state index is -4.78. The number of halogens is 3. The fraction of sp³-hybridized carbons (Fsp3) is 0.333. The van der Waals surface area contributed by atoms with Gasteiger partial charge in [-0.05, 0) is 61.8 Å². The van der Waals surface area contributed by atoms with E-state index in [2.05, 4.69) is 5.32 Å². The lowest BCUT2D eigenvalue weighted by Gasteiger charge is -2.43. The van der Waals surface area contributed by atoms with Gasteiger partial charge in [0.1, 0.15) is 12.1 Å². The number of nitrogens with zero attached hydrogens (tertiary/aromatic N) is 3. The SMILES string of the molecule is CNC(=O)C1COc2cc(N3C(=S)N(c4ccc(C#N)c(C(F)(F)F)c4)C(=O)C34CCC4)ccc2O1. The van der Waals surface area contributed by atoms with Gasteiger partial charge in [-0.15, -0.1) is 0 Å². The van der Waals surface area contributed by atoms with Crippen molar-refractivity contribution in [1.82, 2.24) is 5.32 Å². The third-order valence-electron chi connectivity index (χ3n) is 6.66. The summed E-state index contributed by atoms with van der Waals surface area (Å²) in [5.74, 6) is -0.0584. The molecule has 2 amide bonds. The number of alkyl halides is 3. The second-order valence-electron chi connectivity index (χ2n) is 8.65. The zero-order valence-electron chi connectivity index (χ0n) is 18.9. The van der Waals surface area contributed by atoms with Gasteiger partial charge in [0.15, 0.2) is 16.6 Å². The lowest BCUT2D eigenvalue weighted by atomic mass is 9.75. The van der Waals surface area contributed by atoms with Crippen molar-refractivity contribution in [3.8, 4) is 17.6 Å². The number of benzene rings is 2. The van der Waals surface area contributed by atoms with E-state index in [9.17, 15) is 22.8 Å². The van der Waals surface area contributed by atoms with E-state index in [1.54, 1.807) is 29.2 Å². The number of ether oxygens (including phenoxy) is 2. The highest BCUT2D eigenvalue weighted by molar-refractivity contribution is 7.81. The summed E-state index contributed by atoms with van der Waals surface area (Å²) in [4.78, 5) is 28.2. The Morgan fingerprint density at radius 2 is 1.92 bits per heavy atom. The number of likely N-dealkylation sites (N-methyl/N-ethyl adjacent to an activating group) is 1. The molecule has 8 nitrogen and oxygen atoms in total. The molecule has 2 aromatic carbocycles. The molecule has 1 N–H and O–H groups in total. The molecule has 1 unspecified atom stereocenters. The van der Waals surface area contributed by atoms with Gasteiger partial charge in [-0.25, -0.2) is 0 Å². The van der Waals surface area contributed by atoms with E-state index in [0.717, 1.165) is 23.5 Å². The van der Waals surface area contributed by atoms with E-state index in [-0.39, 0.29) is 23.3 Å². The van der Waals surface area contributed by atoms with Crippen LogP contribution in [-0.4, -0.2) is 42.2 Å². The van der Waals surface area contributed by atoms with E-state index in [4.69, 9.17) is 27.0 Å². The Morgan fingerprint density at radius 3 is 2.53 bits per heavy atom. The van der Waals surface area contributed by atoms with Gasteiger partial charge in [0.05, 0.1) is 22.9 Å². The molecule has 2 aliphatic heterocycles. The van der Waals surface area contributed by atoms with Gasteiger partial charge in [-0.1, -0.05) is 0 Å². The second kappa shape index (κ2) is 8.37. The zero-order chi connectivity index (χ0) is 25.8. The molecule has 0 aromatic heterocycles. The fourth-order valence-electron chi connectivity index (χ4n) is 4.70. The van der Waals surface area contributed by atoms with Crippen LogP contribution >= 0.6 is 12.2 Å². The molecule has 1 atom stereocenters. The van der Waals surface area contributed by atoms with Crippen molar-refractivity contribution in [2.24, 2.45) is 0 Å². The maximum absolute atomic E-state index is 13.6. The van der Waals surface area contributed by atoms with Gasteiger partial charge in [0.2, 0.25) is 6.10 Å². The van der Waals surface area contributed by atoms with Crippen LogP contribution < -0.4 is 24.6 Å². The Hall–Kier alpha value is -3.85. The molecule has 1 spiro atoms. The number of nitrogens with one attached hydrogen (secondary N) is 1. The Balaban J connectivity index is 1.52. The van der Waals surface area contributed by atoms with Crippen LogP contribution in [-0.2, 0) is 15.8 Å². The van der Waals surface area contributed by atoms with E-state index in [1.807, 2.05) is 0 Å². The third-order valence-corrected chi connectivity index (χ3v) is 7.03. The number of hydrogen-bond acceptors (Lipinski definition) is 6. The zero-order valence-corrected chi connectivity index (χ0v) is 19.7. The molecule has 12 heteroatoms. The minimum absolute atomic E-state index is 0.0117. The summed E-state index contributed by atoms with van der Waals surface area (Å²) in [5.41, 5.74) is -2.25. The molecular weight excluding hydrogens is 497 g/mol. The van der Waals surface area contributed by atoms with Gasteiger partial charge >= 0.3 is 6.18 Å². The highest BCUT2D eigenvalue weighted by atomic mass is 32.1. The average Bonchev–Trinajstić information content (AvgIpc) is 3.08. The predicted octanol–water partition coefficient (Wildman–Crippen LogP) is 3.52. The van der Waals surface area contributed by atoms with Crippen LogP contribution in [0.5, 0.6) is 11.5 Å². The molecular formula is C24H19F3N4O4S. The Labute approximate surface area is 209 Å². The lowest BCUT2D eigenvalue weighted by Crippen LogP contribution is -2.55. The van der Waals surface area contributed by atoms with Crippen molar-refractivity contribution >= 4 is 40.5 Å². The first-order valence-electron chi connectivity index (χ1n) is 11.1. The number of thiocarbonyl (C=S) groups is 1. The molecule has 36 heavy (non-hydrogen) atoms. The number of fused-ring (bicyclic) bond motifs is 1. The van der Waals surface area contributed by atoms with Gasteiger partial charge in [-0.3, -0.25) is 14.5 Å². The van der Waals surface area contributed by atoms with Crippen molar-refractivity contribution in [3.63, 3.8) is 0 Å². The molecule has 0 radical (unpaired) electrons. The number of carbonyl (C=O) groups is 2. The summed E-state index contributed by atoms with van der Waals surface area (Å²) in [6, 6.07) is 9.55. The van der Waals surface area contributed by atoms with E-state index >= 15 is 0 Å². The summed E-state index contributed by atoms with van der Waals surface area (Å²) >= 11 is 5.63. The molecule has 2 aromatic rings. The molecule has 1 saturated carbocycles. The largest absolute Gasteiger partial charge is 0.485 e. The number of amides is 2. The van der Waals surface area contributed by atoms with E-state index < -0.39 is 34.9 Å². The number of anilines is 2. The van der Waals surface area contributed by atoms with Crippen LogP contribution in [0.3, 0.4) is 0 Å². The van der Waals surface area contributed by atoms with E-state index in [1.165, 1.54) is 13.1 Å². The average molecular weight is 517 g/mol. The Bertz CT molecular complexity index is 1340. The van der Waals surface area contributed by atoms with Crippen molar-refractivity contribution in [1.29, 1.82) is 5.26 Å². The third kappa shape index (κ3) is 3.53. The highest BCUT2D eigenvalue weighted by Crippen LogP contribution is 2.49. The van der Waals surface area contributed by atoms with E-state index in [0.29, 0.717) is 30.0 Å². The lowest BCUT2D eigenvalue weighted by molar-refractivity contribution is -0.137. The van der Waals surface area contributed by atoms with Crippen LogP contribution in [0.15, 0.2) is 36.4 Å². The smallest absolute Gasteiger partial charge is 0.417 e. The molecule has 2 heterocycles. The Kier molecular flexibility index (Phi) is 5.55. The molecule has 5 rings (SSSR count). The summed E-state index contributed by atoms with van der Waals surface area (Å²) in [5, 5.41) is 11.6. The number of carbonyl (C=O) groups excluding carboxylic acids is 2. The standard InChI is InChI=1S/C24H19F3N4O4S/c1-29-20(32)19-12-34-18-10-15(5-6-17(18)35-19)31-22(36)30(21(33)23(31)7-2-8-23)14-4-3-13(11-28)16(9-14)24(25,26)27/h3-6,9-10,19H,2,7-8,12H2,1H3,(H,29,32). The van der Waals surface area contributed by atoms with Crippen LogP contribution in [0.25, 0.3) is 0 Å². The van der Waals surface area contributed by atoms with Crippen molar-refractivity contribution in [3.05, 3.63) is 47.5 Å². The maximum Gasteiger partial charge on any atom is 0.417 e. The number of rotatable bonds is 3. The van der Waals surface area contributed by atoms with Crippen molar-refractivity contribution < 1.29 is 32.2 Å². The van der Waals surface area contributed by atoms with Crippen molar-refractivity contribution in [2.45, 2.75) is 37.1 Å². The van der Waals surface area contributed by atoms with Gasteiger partial charge < -0.3 is 19.7 Å². The summed E-state index contributed by atoms with van der Waals surface area (Å²) in [6.07, 6.45) is -3.90. The molecule has 3 aliphatic rings. The van der Waals surface area contributed by atoms with Gasteiger partial charge in [0.25, 0.3) is 11.8 Å². The quantitative estimate of drug-likeness (QED) is 0.624. The summed E-state index contributed by atoms with van der Waals surface area (Å²) < 4.78 is 52.2. The molecule has 0 bridgehead atoms. The maximum atomic E-state index is 13.6. The first kappa shape index (κ1) is 23.9. The van der Waals surface area contributed by atoms with Crippen LogP contribution in [0.4, 0.5) is 24.5 Å². The summed E-state index contributed by atoms with van der Waals surface area (Å²) in [6.45, 7) is -0.0117. The topological polar surface area (TPSA) is 94.9 Å².